The van der Waals surface area contributed by atoms with Crippen molar-refractivity contribution in [3.05, 3.63) is 0 Å². The van der Waals surface area contributed by atoms with E-state index in [0.29, 0.717) is 0 Å². The lowest BCUT2D eigenvalue weighted by Crippen LogP contribution is -2.27. The van der Waals surface area contributed by atoms with Gasteiger partial charge in [-0.15, -0.1) is 0 Å². The minimum absolute atomic E-state index is 0.421. The Labute approximate surface area is 75.3 Å². The van der Waals surface area contributed by atoms with Gasteiger partial charge in [-0.2, -0.15) is 0 Å². The van der Waals surface area contributed by atoms with Crippen LogP contribution in [-0.2, 0) is 19.2 Å². The third-order valence-electron chi connectivity index (χ3n) is 2.34. The van der Waals surface area contributed by atoms with Crippen molar-refractivity contribution in [2.75, 3.05) is 0 Å². The summed E-state index contributed by atoms with van der Waals surface area (Å²) in [5, 5.41) is 0. The fourth-order valence-corrected chi connectivity index (χ4v) is 1.30. The minimum atomic E-state index is -0.950. The van der Waals surface area contributed by atoms with E-state index in [1.807, 2.05) is 0 Å². The van der Waals surface area contributed by atoms with Crippen molar-refractivity contribution >= 4 is 23.1 Å². The maximum Gasteiger partial charge on any atom is 0.209 e. The summed E-state index contributed by atoms with van der Waals surface area (Å²) in [7, 11) is 0. The highest BCUT2D eigenvalue weighted by Gasteiger charge is 2.38. The van der Waals surface area contributed by atoms with Gasteiger partial charge in [0.1, 0.15) is 0 Å². The largest absolute Gasteiger partial charge is 0.298 e. The number of ketones is 4. The molecule has 0 bridgehead atoms. The molecule has 0 aromatic heterocycles. The molecule has 0 heterocycles. The third-order valence-corrected chi connectivity index (χ3v) is 2.34. The van der Waals surface area contributed by atoms with Crippen LogP contribution in [0.4, 0.5) is 0 Å². The van der Waals surface area contributed by atoms with E-state index >= 15 is 0 Å². The normalized spacial score (nSPS) is 30.6. The number of carbonyl (C=O) groups excluding carboxylic acids is 4. The van der Waals surface area contributed by atoms with E-state index in [1.165, 1.54) is 13.8 Å². The van der Waals surface area contributed by atoms with Crippen molar-refractivity contribution in [2.45, 2.75) is 20.3 Å². The van der Waals surface area contributed by atoms with Gasteiger partial charge in [0.05, 0.1) is 18.3 Å². The van der Waals surface area contributed by atoms with Crippen LogP contribution < -0.4 is 0 Å². The van der Waals surface area contributed by atoms with Gasteiger partial charge in [0.2, 0.25) is 11.6 Å². The van der Waals surface area contributed by atoms with Crippen LogP contribution in [-0.4, -0.2) is 23.1 Å². The van der Waals surface area contributed by atoms with Gasteiger partial charge in [0.15, 0.2) is 11.6 Å². The second kappa shape index (κ2) is 3.20. The molecule has 0 spiro atoms. The van der Waals surface area contributed by atoms with E-state index in [1.54, 1.807) is 0 Å². The molecule has 0 aliphatic heterocycles. The van der Waals surface area contributed by atoms with Crippen molar-refractivity contribution in [3.8, 4) is 0 Å². The molecule has 1 aliphatic carbocycles. The number of hydrogen-bond acceptors (Lipinski definition) is 4. The molecule has 2 unspecified atom stereocenters. The highest BCUT2D eigenvalue weighted by molar-refractivity contribution is 6.46. The Morgan fingerprint density at radius 3 is 2.08 bits per heavy atom. The molecular formula is C9H10O4. The quantitative estimate of drug-likeness (QED) is 0.299. The second-order valence-electron chi connectivity index (χ2n) is 3.28. The highest BCUT2D eigenvalue weighted by Crippen LogP contribution is 2.16. The predicted molar refractivity (Wildman–Crippen MR) is 43.0 cm³/mol. The Hall–Kier alpha value is -1.32. The first-order chi connectivity index (χ1) is 5.95. The zero-order chi connectivity index (χ0) is 10.2. The fraction of sp³-hybridized carbons (Fsp3) is 0.556. The Balaban J connectivity index is 3.06. The van der Waals surface area contributed by atoms with Gasteiger partial charge in [0.25, 0.3) is 0 Å². The van der Waals surface area contributed by atoms with Crippen molar-refractivity contribution in [1.29, 1.82) is 0 Å². The van der Waals surface area contributed by atoms with Gasteiger partial charge in [0, 0.05) is 0 Å². The molecule has 4 heteroatoms. The van der Waals surface area contributed by atoms with E-state index in [4.69, 9.17) is 0 Å². The smallest absolute Gasteiger partial charge is 0.209 e. The second-order valence-corrected chi connectivity index (χ2v) is 3.28. The third kappa shape index (κ3) is 1.56. The number of Topliss-reactive ketones (excluding diaryl/α,β-unsaturated/α-hetero) is 4. The lowest BCUT2D eigenvalue weighted by atomic mass is 9.93. The molecule has 4 nitrogen and oxygen atoms in total. The Bertz CT molecular complexity index is 303. The number of rotatable bonds is 0. The number of hydrogen-bond donors (Lipinski definition) is 0. The van der Waals surface area contributed by atoms with Crippen LogP contribution in [0.3, 0.4) is 0 Å². The molecule has 1 fully saturated rings. The molecule has 0 amide bonds. The molecule has 0 aromatic rings. The van der Waals surface area contributed by atoms with Crippen LogP contribution in [0.2, 0.25) is 0 Å². The molecular weight excluding hydrogens is 172 g/mol. The van der Waals surface area contributed by atoms with Crippen molar-refractivity contribution < 1.29 is 19.2 Å². The Kier molecular flexibility index (Phi) is 2.40. The van der Waals surface area contributed by atoms with Crippen LogP contribution in [0.5, 0.6) is 0 Å². The number of carbonyl (C=O) groups is 4. The first kappa shape index (κ1) is 9.77. The van der Waals surface area contributed by atoms with Crippen molar-refractivity contribution in [2.24, 2.45) is 11.8 Å². The van der Waals surface area contributed by atoms with Crippen molar-refractivity contribution in [3.63, 3.8) is 0 Å². The van der Waals surface area contributed by atoms with Gasteiger partial charge >= 0.3 is 0 Å². The standard InChI is InChI=1S/C9H10O4/c1-4-6(10)3-7(11)9(13)5(2)8(4)12/h4-5H,3H2,1-2H3. The summed E-state index contributed by atoms with van der Waals surface area (Å²) < 4.78 is 0. The Morgan fingerprint density at radius 1 is 1.00 bits per heavy atom. The zero-order valence-electron chi connectivity index (χ0n) is 7.49. The van der Waals surface area contributed by atoms with Gasteiger partial charge in [-0.25, -0.2) is 0 Å². The minimum Gasteiger partial charge on any atom is -0.298 e. The van der Waals surface area contributed by atoms with E-state index in [0.717, 1.165) is 0 Å². The molecule has 1 rings (SSSR count). The maximum absolute atomic E-state index is 11.3. The van der Waals surface area contributed by atoms with Crippen LogP contribution in [0.1, 0.15) is 20.3 Å². The maximum atomic E-state index is 11.3. The highest BCUT2D eigenvalue weighted by atomic mass is 16.2. The molecule has 0 aromatic carbocycles. The Morgan fingerprint density at radius 2 is 1.54 bits per heavy atom. The SMILES string of the molecule is CC1C(=O)CC(=O)C(=O)C(C)C1=O. The lowest BCUT2D eigenvalue weighted by Gasteiger charge is -2.06. The fourth-order valence-electron chi connectivity index (χ4n) is 1.30. The van der Waals surface area contributed by atoms with E-state index in [9.17, 15) is 19.2 Å². The average Bonchev–Trinajstić information content (AvgIpc) is 2.15. The molecule has 70 valence electrons. The monoisotopic (exact) mass is 182 g/mol. The summed E-state index contributed by atoms with van der Waals surface area (Å²) in [6.45, 7) is 2.81. The first-order valence-corrected chi connectivity index (χ1v) is 4.08. The zero-order valence-corrected chi connectivity index (χ0v) is 7.49. The van der Waals surface area contributed by atoms with E-state index in [-0.39, 0.29) is 0 Å². The summed E-state index contributed by atoms with van der Waals surface area (Å²) in [5.74, 6) is -4.13. The van der Waals surface area contributed by atoms with Crippen molar-refractivity contribution in [1.82, 2.24) is 0 Å². The lowest BCUT2D eigenvalue weighted by molar-refractivity contribution is -0.141. The molecule has 1 aliphatic rings. The van der Waals surface area contributed by atoms with Gasteiger partial charge in [-0.05, 0) is 13.8 Å². The van der Waals surface area contributed by atoms with Crippen LogP contribution >= 0.6 is 0 Å². The molecule has 0 saturated heterocycles. The summed E-state index contributed by atoms with van der Waals surface area (Å²) >= 11 is 0. The topological polar surface area (TPSA) is 68.3 Å². The van der Waals surface area contributed by atoms with Crippen LogP contribution in [0, 0.1) is 11.8 Å². The van der Waals surface area contributed by atoms with Gasteiger partial charge < -0.3 is 0 Å². The molecule has 0 N–H and O–H groups in total. The van der Waals surface area contributed by atoms with E-state index < -0.39 is 41.4 Å². The average molecular weight is 182 g/mol. The van der Waals surface area contributed by atoms with Gasteiger partial charge in [-0.1, -0.05) is 0 Å². The van der Waals surface area contributed by atoms with Crippen LogP contribution in [0.15, 0.2) is 0 Å². The molecule has 2 atom stereocenters. The van der Waals surface area contributed by atoms with E-state index in [2.05, 4.69) is 0 Å². The molecule has 13 heavy (non-hydrogen) atoms. The van der Waals surface area contributed by atoms with Crippen LogP contribution in [0.25, 0.3) is 0 Å². The summed E-state index contributed by atoms with van der Waals surface area (Å²) in [4.78, 5) is 44.6. The van der Waals surface area contributed by atoms with Gasteiger partial charge in [-0.3, -0.25) is 19.2 Å². The molecule has 1 saturated carbocycles. The summed E-state index contributed by atoms with van der Waals surface area (Å²) in [6.07, 6.45) is -0.421. The first-order valence-electron chi connectivity index (χ1n) is 4.08. The predicted octanol–water partition coefficient (Wildman–Crippen LogP) is -0.0613. The summed E-state index contributed by atoms with van der Waals surface area (Å²) in [5.41, 5.74) is 0. The molecule has 0 radical (unpaired) electrons. The summed E-state index contributed by atoms with van der Waals surface area (Å²) in [6, 6.07) is 0.